The van der Waals surface area contributed by atoms with Gasteiger partial charge >= 0.3 is 0 Å². The van der Waals surface area contributed by atoms with Crippen molar-refractivity contribution in [2.24, 2.45) is 17.8 Å². The van der Waals surface area contributed by atoms with Gasteiger partial charge in [-0.25, -0.2) is 8.78 Å². The van der Waals surface area contributed by atoms with Crippen molar-refractivity contribution in [3.05, 3.63) is 77.6 Å². The number of benzene rings is 3. The molecule has 0 unspecified atom stereocenters. The molecule has 0 aliphatic heterocycles. The average molecular weight is 605 g/mol. The second-order valence-electron chi connectivity index (χ2n) is 13.5. The fourth-order valence-corrected chi connectivity index (χ4v) is 7.84. The first-order chi connectivity index (χ1) is 21.5. The van der Waals surface area contributed by atoms with Crippen LogP contribution in [0.5, 0.6) is 5.75 Å². The Labute approximate surface area is 263 Å². The number of unbranched alkanes of at least 4 members (excludes halogenated alkanes) is 4. The molecule has 0 radical (unpaired) electrons. The van der Waals surface area contributed by atoms with Crippen LogP contribution >= 0.6 is 0 Å². The topological polar surface area (TPSA) is 9.23 Å². The Balaban J connectivity index is 1.13. The first-order valence-corrected chi connectivity index (χ1v) is 17.5. The van der Waals surface area contributed by atoms with Crippen LogP contribution in [-0.2, 0) is 0 Å². The second-order valence-corrected chi connectivity index (χ2v) is 13.5. The van der Waals surface area contributed by atoms with Gasteiger partial charge in [-0.3, -0.25) is 0 Å². The zero-order valence-corrected chi connectivity index (χ0v) is 26.9. The molecule has 0 spiro atoms. The lowest BCUT2D eigenvalue weighted by Crippen LogP contribution is -2.25. The van der Waals surface area contributed by atoms with Gasteiger partial charge in [0.05, 0.1) is 6.61 Å². The molecular weight excluding hydrogens is 553 g/mol. The van der Waals surface area contributed by atoms with Crippen LogP contribution in [0.2, 0.25) is 0 Å². The maximum Gasteiger partial charge on any atom is 0.201 e. The predicted molar refractivity (Wildman–Crippen MR) is 176 cm³/mol. The largest absolute Gasteiger partial charge is 0.490 e. The van der Waals surface area contributed by atoms with Gasteiger partial charge < -0.3 is 4.74 Å². The highest BCUT2D eigenvalue weighted by atomic mass is 19.2. The van der Waals surface area contributed by atoms with Crippen molar-refractivity contribution in [1.29, 1.82) is 0 Å². The van der Waals surface area contributed by atoms with Crippen molar-refractivity contribution in [1.82, 2.24) is 0 Å². The number of rotatable bonds is 13. The fraction of sp³-hybridized carbons (Fsp3) is 0.550. The van der Waals surface area contributed by atoms with E-state index in [1.807, 2.05) is 13.0 Å². The lowest BCUT2D eigenvalue weighted by atomic mass is 9.68. The quantitative estimate of drug-likeness (QED) is 0.176. The van der Waals surface area contributed by atoms with Crippen molar-refractivity contribution >= 4 is 0 Å². The molecule has 0 aromatic heterocycles. The summed E-state index contributed by atoms with van der Waals surface area (Å²) in [4.78, 5) is 0. The molecule has 0 atom stereocenters. The van der Waals surface area contributed by atoms with Gasteiger partial charge in [0.15, 0.2) is 11.6 Å². The Kier molecular flexibility index (Phi) is 11.9. The Morgan fingerprint density at radius 3 is 1.86 bits per heavy atom. The summed E-state index contributed by atoms with van der Waals surface area (Å²) in [6, 6.07) is 15.7. The summed E-state index contributed by atoms with van der Waals surface area (Å²) in [6.07, 6.45) is 19.6. The smallest absolute Gasteiger partial charge is 0.201 e. The van der Waals surface area contributed by atoms with Crippen molar-refractivity contribution in [2.75, 3.05) is 6.61 Å². The third kappa shape index (κ3) is 8.09. The minimum absolute atomic E-state index is 0.0775. The van der Waals surface area contributed by atoms with Crippen molar-refractivity contribution in [3.63, 3.8) is 0 Å². The van der Waals surface area contributed by atoms with Crippen LogP contribution in [-0.4, -0.2) is 6.61 Å². The van der Waals surface area contributed by atoms with Gasteiger partial charge in [0.2, 0.25) is 5.82 Å². The molecule has 0 saturated heterocycles. The summed E-state index contributed by atoms with van der Waals surface area (Å²) in [5, 5.41) is 0. The van der Waals surface area contributed by atoms with Gasteiger partial charge in [-0.2, -0.15) is 4.39 Å². The third-order valence-corrected chi connectivity index (χ3v) is 10.5. The summed E-state index contributed by atoms with van der Waals surface area (Å²) < 4.78 is 50.0. The summed E-state index contributed by atoms with van der Waals surface area (Å²) in [6.45, 7) is 4.53. The van der Waals surface area contributed by atoms with E-state index in [9.17, 15) is 8.78 Å². The fourth-order valence-electron chi connectivity index (χ4n) is 7.84. The van der Waals surface area contributed by atoms with Crippen LogP contribution < -0.4 is 4.74 Å². The maximum absolute atomic E-state index is 15.4. The van der Waals surface area contributed by atoms with E-state index in [0.29, 0.717) is 30.1 Å². The first kappa shape index (κ1) is 32.6. The van der Waals surface area contributed by atoms with E-state index in [2.05, 4.69) is 13.0 Å². The predicted octanol–water partition coefficient (Wildman–Crippen LogP) is 12.7. The molecule has 0 heterocycles. The monoisotopic (exact) mass is 604 g/mol. The molecule has 3 aromatic carbocycles. The Bertz CT molecular complexity index is 1320. The SMILES string of the molecule is CCCCCCCC1CCC(C2CCC(c3ccc(-c4ccc(-c5ccc(OCCC)c(F)c5F)cc4)c(F)c3)CC2)CC1. The molecule has 1 nitrogen and oxygen atoms in total. The highest BCUT2D eigenvalue weighted by Gasteiger charge is 2.31. The Hall–Kier alpha value is -2.75. The lowest BCUT2D eigenvalue weighted by molar-refractivity contribution is 0.155. The minimum atomic E-state index is -0.980. The molecule has 2 saturated carbocycles. The van der Waals surface area contributed by atoms with E-state index >= 15 is 4.39 Å². The number of ether oxygens (including phenoxy) is 1. The molecule has 0 bridgehead atoms. The molecule has 44 heavy (non-hydrogen) atoms. The highest BCUT2D eigenvalue weighted by Crippen LogP contribution is 2.45. The summed E-state index contributed by atoms with van der Waals surface area (Å²) in [5.74, 6) is 0.918. The molecule has 2 fully saturated rings. The normalized spacial score (nSPS) is 22.2. The molecule has 2 aliphatic rings. The maximum atomic E-state index is 15.4. The summed E-state index contributed by atoms with van der Waals surface area (Å²) >= 11 is 0. The molecule has 3 aromatic rings. The third-order valence-electron chi connectivity index (χ3n) is 10.5. The molecule has 5 rings (SSSR count). The van der Waals surface area contributed by atoms with Crippen LogP contribution in [0.4, 0.5) is 13.2 Å². The van der Waals surface area contributed by atoms with Gasteiger partial charge in [0.1, 0.15) is 5.82 Å². The highest BCUT2D eigenvalue weighted by molar-refractivity contribution is 5.71. The standard InChI is InChI=1S/C40H51F3O/c1-3-5-6-7-8-9-28-10-12-29(13-11-28)30-14-16-31(17-15-30)34-22-23-35(37(41)27-34)32-18-20-33(21-19-32)36-24-25-38(44-26-4-2)40(43)39(36)42/h18-25,27-31H,3-17,26H2,1-2H3. The van der Waals surface area contributed by atoms with E-state index in [4.69, 9.17) is 4.74 Å². The van der Waals surface area contributed by atoms with Crippen LogP contribution in [0.3, 0.4) is 0 Å². The summed E-state index contributed by atoms with van der Waals surface area (Å²) in [5.41, 5.74) is 3.07. The van der Waals surface area contributed by atoms with Crippen LogP contribution in [0, 0.1) is 35.2 Å². The molecular formula is C40H51F3O. The lowest BCUT2D eigenvalue weighted by Gasteiger charge is -2.38. The molecule has 2 aliphatic carbocycles. The zero-order valence-electron chi connectivity index (χ0n) is 26.9. The van der Waals surface area contributed by atoms with Gasteiger partial charge in [0, 0.05) is 11.1 Å². The van der Waals surface area contributed by atoms with E-state index < -0.39 is 11.6 Å². The molecule has 4 heteroatoms. The van der Waals surface area contributed by atoms with Crippen molar-refractivity contribution < 1.29 is 17.9 Å². The van der Waals surface area contributed by atoms with Gasteiger partial charge in [-0.15, -0.1) is 0 Å². The van der Waals surface area contributed by atoms with Gasteiger partial charge in [0.25, 0.3) is 0 Å². The Morgan fingerprint density at radius 2 is 1.23 bits per heavy atom. The average Bonchev–Trinajstić information content (AvgIpc) is 3.06. The van der Waals surface area contributed by atoms with E-state index in [0.717, 1.165) is 41.7 Å². The number of hydrogen-bond donors (Lipinski definition) is 0. The second kappa shape index (κ2) is 16.0. The van der Waals surface area contributed by atoms with Crippen molar-refractivity contribution in [2.45, 2.75) is 116 Å². The number of hydrogen-bond acceptors (Lipinski definition) is 1. The Morgan fingerprint density at radius 1 is 0.614 bits per heavy atom. The van der Waals surface area contributed by atoms with E-state index in [-0.39, 0.29) is 17.1 Å². The van der Waals surface area contributed by atoms with Crippen LogP contribution in [0.15, 0.2) is 54.6 Å². The zero-order chi connectivity index (χ0) is 30.9. The first-order valence-electron chi connectivity index (χ1n) is 17.5. The minimum Gasteiger partial charge on any atom is -0.490 e. The van der Waals surface area contributed by atoms with Crippen LogP contribution in [0.1, 0.15) is 122 Å². The van der Waals surface area contributed by atoms with E-state index in [1.54, 1.807) is 30.3 Å². The summed E-state index contributed by atoms with van der Waals surface area (Å²) in [7, 11) is 0. The van der Waals surface area contributed by atoms with Gasteiger partial charge in [-0.05, 0) is 104 Å². The molecule has 0 amide bonds. The van der Waals surface area contributed by atoms with E-state index in [1.165, 1.54) is 89.2 Å². The van der Waals surface area contributed by atoms with Crippen molar-refractivity contribution in [3.8, 4) is 28.0 Å². The van der Waals surface area contributed by atoms with Gasteiger partial charge in [-0.1, -0.05) is 102 Å². The molecule has 0 N–H and O–H groups in total. The molecule has 238 valence electrons. The number of halogens is 3. The van der Waals surface area contributed by atoms with Crippen LogP contribution in [0.25, 0.3) is 22.3 Å².